The van der Waals surface area contributed by atoms with E-state index in [-0.39, 0.29) is 6.10 Å². The number of ether oxygens (including phenoxy) is 2. The Kier molecular flexibility index (Phi) is 4.28. The number of nitrogens with one attached hydrogen (secondary N) is 1. The summed E-state index contributed by atoms with van der Waals surface area (Å²) in [7, 11) is 0. The molecule has 1 fully saturated rings. The molecule has 1 aliphatic heterocycles. The molecule has 130 valence electrons. The summed E-state index contributed by atoms with van der Waals surface area (Å²) in [5.74, 6) is 1.82. The van der Waals surface area contributed by atoms with Crippen molar-refractivity contribution < 1.29 is 9.47 Å². The van der Waals surface area contributed by atoms with E-state index in [1.807, 2.05) is 44.3 Å². The quantitative estimate of drug-likeness (QED) is 0.791. The smallest absolute Gasteiger partial charge is 0.129 e. The Labute approximate surface area is 146 Å². The molecule has 4 rings (SSSR count). The summed E-state index contributed by atoms with van der Waals surface area (Å²) >= 11 is 0. The molecule has 3 aromatic rings. The first kappa shape index (κ1) is 15.9. The fourth-order valence-corrected chi connectivity index (χ4v) is 3.09. The van der Waals surface area contributed by atoms with Crippen molar-refractivity contribution in [1.82, 2.24) is 15.2 Å². The molecular weight excluding hydrogens is 316 g/mol. The van der Waals surface area contributed by atoms with Gasteiger partial charge in [-0.15, -0.1) is 0 Å². The predicted molar refractivity (Wildman–Crippen MR) is 98.1 cm³/mol. The Bertz CT molecular complexity index is 869. The van der Waals surface area contributed by atoms with Crippen molar-refractivity contribution >= 4 is 16.7 Å². The highest BCUT2D eigenvalue weighted by Gasteiger charge is 2.15. The van der Waals surface area contributed by atoms with Crippen molar-refractivity contribution in [3.8, 4) is 17.0 Å². The maximum absolute atomic E-state index is 5.83. The third-order valence-corrected chi connectivity index (χ3v) is 4.26. The van der Waals surface area contributed by atoms with E-state index in [2.05, 4.69) is 26.1 Å². The largest absolute Gasteiger partial charge is 0.491 e. The number of benzene rings is 1. The number of H-pyrrole nitrogens is 1. The lowest BCUT2D eigenvalue weighted by atomic mass is 10.1. The standard InChI is InChI=1S/C19H22N4O2/c1-13(2)25-15-3-4-17-16(12-15)19(22-21-17)14-5-6-20-18(11-14)23-7-9-24-10-8-23/h3-6,11-13H,7-10H2,1-2H3,(H,21,22). The average Bonchev–Trinajstić information content (AvgIpc) is 3.05. The molecule has 0 saturated carbocycles. The first-order valence-electron chi connectivity index (χ1n) is 8.64. The number of aromatic amines is 1. The summed E-state index contributed by atoms with van der Waals surface area (Å²) in [5, 5.41) is 8.68. The monoisotopic (exact) mass is 338 g/mol. The van der Waals surface area contributed by atoms with E-state index >= 15 is 0 Å². The van der Waals surface area contributed by atoms with Gasteiger partial charge in [0, 0.05) is 30.2 Å². The second-order valence-electron chi connectivity index (χ2n) is 6.45. The molecular formula is C19H22N4O2. The van der Waals surface area contributed by atoms with Crippen LogP contribution in [0.25, 0.3) is 22.2 Å². The lowest BCUT2D eigenvalue weighted by Crippen LogP contribution is -2.36. The van der Waals surface area contributed by atoms with Crippen LogP contribution in [0.4, 0.5) is 5.82 Å². The average molecular weight is 338 g/mol. The fraction of sp³-hybridized carbons (Fsp3) is 0.368. The zero-order valence-corrected chi connectivity index (χ0v) is 14.5. The van der Waals surface area contributed by atoms with Crippen molar-refractivity contribution in [2.24, 2.45) is 0 Å². The topological polar surface area (TPSA) is 63.3 Å². The summed E-state index contributed by atoms with van der Waals surface area (Å²) in [5.41, 5.74) is 2.96. The summed E-state index contributed by atoms with van der Waals surface area (Å²) in [6.07, 6.45) is 1.98. The number of anilines is 1. The number of morpholine rings is 1. The number of hydrogen-bond acceptors (Lipinski definition) is 5. The summed E-state index contributed by atoms with van der Waals surface area (Å²) in [4.78, 5) is 6.76. The third-order valence-electron chi connectivity index (χ3n) is 4.26. The van der Waals surface area contributed by atoms with Crippen LogP contribution in [0.1, 0.15) is 13.8 Å². The van der Waals surface area contributed by atoms with Gasteiger partial charge < -0.3 is 14.4 Å². The van der Waals surface area contributed by atoms with Crippen LogP contribution in [0, 0.1) is 0 Å². The van der Waals surface area contributed by atoms with Gasteiger partial charge in [0.2, 0.25) is 0 Å². The predicted octanol–water partition coefficient (Wildman–Crippen LogP) is 3.25. The second kappa shape index (κ2) is 6.72. The van der Waals surface area contributed by atoms with Gasteiger partial charge in [0.25, 0.3) is 0 Å². The van der Waals surface area contributed by atoms with E-state index < -0.39 is 0 Å². The van der Waals surface area contributed by atoms with E-state index in [1.165, 1.54) is 0 Å². The SMILES string of the molecule is CC(C)Oc1ccc2[nH]nc(-c3ccnc(N4CCOCC4)c3)c2c1. The van der Waals surface area contributed by atoms with E-state index in [0.717, 1.165) is 60.0 Å². The van der Waals surface area contributed by atoms with Gasteiger partial charge in [-0.1, -0.05) is 0 Å². The van der Waals surface area contributed by atoms with Gasteiger partial charge >= 0.3 is 0 Å². The van der Waals surface area contributed by atoms with Gasteiger partial charge in [0.1, 0.15) is 17.3 Å². The van der Waals surface area contributed by atoms with Crippen LogP contribution >= 0.6 is 0 Å². The first-order chi connectivity index (χ1) is 12.2. The van der Waals surface area contributed by atoms with Crippen LogP contribution in [0.5, 0.6) is 5.75 Å². The number of nitrogens with zero attached hydrogens (tertiary/aromatic N) is 3. The number of hydrogen-bond donors (Lipinski definition) is 1. The van der Waals surface area contributed by atoms with Gasteiger partial charge in [-0.2, -0.15) is 5.10 Å². The van der Waals surface area contributed by atoms with Crippen LogP contribution < -0.4 is 9.64 Å². The minimum Gasteiger partial charge on any atom is -0.491 e. The highest BCUT2D eigenvalue weighted by molar-refractivity contribution is 5.94. The van der Waals surface area contributed by atoms with Crippen molar-refractivity contribution in [3.63, 3.8) is 0 Å². The molecule has 0 amide bonds. The number of fused-ring (bicyclic) bond motifs is 1. The Morgan fingerprint density at radius 1 is 1.16 bits per heavy atom. The Morgan fingerprint density at radius 2 is 2.00 bits per heavy atom. The van der Waals surface area contributed by atoms with Crippen molar-refractivity contribution in [1.29, 1.82) is 0 Å². The summed E-state index contributed by atoms with van der Waals surface area (Å²) in [6, 6.07) is 10.1. The van der Waals surface area contributed by atoms with E-state index in [0.29, 0.717) is 0 Å². The van der Waals surface area contributed by atoms with Crippen molar-refractivity contribution in [2.45, 2.75) is 20.0 Å². The molecule has 1 N–H and O–H groups in total. The normalized spacial score (nSPS) is 15.1. The summed E-state index contributed by atoms with van der Waals surface area (Å²) in [6.45, 7) is 7.27. The molecule has 0 aliphatic carbocycles. The van der Waals surface area contributed by atoms with Crippen LogP contribution in [-0.4, -0.2) is 47.6 Å². The first-order valence-corrected chi connectivity index (χ1v) is 8.64. The number of pyridine rings is 1. The Hall–Kier alpha value is -2.60. The molecule has 0 atom stereocenters. The molecule has 0 spiro atoms. The van der Waals surface area contributed by atoms with Crippen LogP contribution in [-0.2, 0) is 4.74 Å². The zero-order valence-electron chi connectivity index (χ0n) is 14.5. The lowest BCUT2D eigenvalue weighted by molar-refractivity contribution is 0.122. The number of aromatic nitrogens is 3. The minimum atomic E-state index is 0.140. The van der Waals surface area contributed by atoms with Crippen LogP contribution in [0.3, 0.4) is 0 Å². The van der Waals surface area contributed by atoms with Gasteiger partial charge in [-0.3, -0.25) is 5.10 Å². The van der Waals surface area contributed by atoms with Crippen molar-refractivity contribution in [3.05, 3.63) is 36.5 Å². The number of rotatable bonds is 4. The molecule has 1 saturated heterocycles. The van der Waals surface area contributed by atoms with Crippen LogP contribution in [0.2, 0.25) is 0 Å². The van der Waals surface area contributed by atoms with Crippen molar-refractivity contribution in [2.75, 3.05) is 31.2 Å². The maximum Gasteiger partial charge on any atom is 0.129 e. The van der Waals surface area contributed by atoms with Gasteiger partial charge in [0.05, 0.1) is 24.8 Å². The molecule has 0 bridgehead atoms. The van der Waals surface area contributed by atoms with Gasteiger partial charge in [-0.25, -0.2) is 4.98 Å². The zero-order chi connectivity index (χ0) is 17.2. The molecule has 25 heavy (non-hydrogen) atoms. The molecule has 0 unspecified atom stereocenters. The summed E-state index contributed by atoms with van der Waals surface area (Å²) < 4.78 is 11.3. The van der Waals surface area contributed by atoms with Gasteiger partial charge in [0.15, 0.2) is 0 Å². The highest BCUT2D eigenvalue weighted by Crippen LogP contribution is 2.31. The Balaban J connectivity index is 1.71. The van der Waals surface area contributed by atoms with E-state index in [4.69, 9.17) is 9.47 Å². The van der Waals surface area contributed by atoms with E-state index in [1.54, 1.807) is 0 Å². The Morgan fingerprint density at radius 3 is 2.80 bits per heavy atom. The highest BCUT2D eigenvalue weighted by atomic mass is 16.5. The third kappa shape index (κ3) is 3.30. The van der Waals surface area contributed by atoms with E-state index in [9.17, 15) is 0 Å². The van der Waals surface area contributed by atoms with Crippen LogP contribution in [0.15, 0.2) is 36.5 Å². The molecule has 2 aromatic heterocycles. The molecule has 6 nitrogen and oxygen atoms in total. The molecule has 6 heteroatoms. The molecule has 1 aliphatic rings. The molecule has 1 aromatic carbocycles. The lowest BCUT2D eigenvalue weighted by Gasteiger charge is -2.27. The molecule has 3 heterocycles. The second-order valence-corrected chi connectivity index (χ2v) is 6.45. The maximum atomic E-state index is 5.83. The fourth-order valence-electron chi connectivity index (χ4n) is 3.09. The van der Waals surface area contributed by atoms with Gasteiger partial charge in [-0.05, 0) is 44.2 Å². The minimum absolute atomic E-state index is 0.140. The molecule has 0 radical (unpaired) electrons.